The van der Waals surface area contributed by atoms with Gasteiger partial charge < -0.3 is 5.73 Å². The number of hydrogen-bond acceptors (Lipinski definition) is 4. The molecule has 0 saturated carbocycles. The molecule has 0 bridgehead atoms. The van der Waals surface area contributed by atoms with Gasteiger partial charge in [0.05, 0.1) is 17.9 Å². The minimum Gasteiger partial charge on any atom is -0.319 e. The monoisotopic (exact) mass is 194 g/mol. The van der Waals surface area contributed by atoms with Gasteiger partial charge in [-0.3, -0.25) is 4.68 Å². The molecule has 1 atom stereocenters. The predicted molar refractivity (Wildman–Crippen MR) is 51.4 cm³/mol. The van der Waals surface area contributed by atoms with Crippen molar-refractivity contribution in [3.63, 3.8) is 0 Å². The average molecular weight is 194 g/mol. The molecule has 2 aromatic heterocycles. The zero-order valence-electron chi connectivity index (χ0n) is 7.21. The standard InChI is InChI=1S/C8H10N4S/c1-12-5-6(4-10-12)8(9)7-2-3-13-11-7/h2-5,8H,9H2,1H3. The van der Waals surface area contributed by atoms with Crippen molar-refractivity contribution in [1.29, 1.82) is 0 Å². The van der Waals surface area contributed by atoms with E-state index in [9.17, 15) is 0 Å². The summed E-state index contributed by atoms with van der Waals surface area (Å²) in [6.07, 6.45) is 3.67. The van der Waals surface area contributed by atoms with Crippen LogP contribution in [0.2, 0.25) is 0 Å². The third kappa shape index (κ3) is 1.61. The van der Waals surface area contributed by atoms with Gasteiger partial charge in [-0.1, -0.05) is 0 Å². The highest BCUT2D eigenvalue weighted by atomic mass is 32.1. The molecule has 0 spiro atoms. The van der Waals surface area contributed by atoms with Crippen LogP contribution in [0, 0.1) is 0 Å². The molecule has 68 valence electrons. The van der Waals surface area contributed by atoms with Gasteiger partial charge in [0.15, 0.2) is 0 Å². The van der Waals surface area contributed by atoms with E-state index in [4.69, 9.17) is 5.73 Å². The van der Waals surface area contributed by atoms with E-state index in [1.54, 1.807) is 10.9 Å². The van der Waals surface area contributed by atoms with Crippen molar-refractivity contribution < 1.29 is 0 Å². The molecule has 5 heteroatoms. The number of nitrogens with zero attached hydrogens (tertiary/aromatic N) is 3. The third-order valence-electron chi connectivity index (χ3n) is 1.86. The van der Waals surface area contributed by atoms with Crippen molar-refractivity contribution >= 4 is 11.5 Å². The number of nitrogens with two attached hydrogens (primary N) is 1. The molecule has 2 rings (SSSR count). The molecular weight excluding hydrogens is 184 g/mol. The normalized spacial score (nSPS) is 13.1. The van der Waals surface area contributed by atoms with Crippen LogP contribution in [0.4, 0.5) is 0 Å². The van der Waals surface area contributed by atoms with Crippen molar-refractivity contribution in [2.24, 2.45) is 12.8 Å². The molecule has 0 aromatic carbocycles. The minimum atomic E-state index is -0.153. The Morgan fingerprint density at radius 3 is 3.00 bits per heavy atom. The van der Waals surface area contributed by atoms with Gasteiger partial charge in [0.25, 0.3) is 0 Å². The summed E-state index contributed by atoms with van der Waals surface area (Å²) in [7, 11) is 1.87. The number of aromatic nitrogens is 3. The summed E-state index contributed by atoms with van der Waals surface area (Å²) < 4.78 is 5.92. The molecule has 2 N–H and O–H groups in total. The second-order valence-corrected chi connectivity index (χ2v) is 3.51. The maximum atomic E-state index is 5.96. The SMILES string of the molecule is Cn1cc(C(N)c2ccsn2)cn1. The van der Waals surface area contributed by atoms with Crippen molar-refractivity contribution in [2.45, 2.75) is 6.04 Å². The maximum absolute atomic E-state index is 5.96. The Morgan fingerprint density at radius 2 is 2.46 bits per heavy atom. The summed E-state index contributed by atoms with van der Waals surface area (Å²) in [4.78, 5) is 0. The molecule has 0 saturated heterocycles. The van der Waals surface area contributed by atoms with E-state index in [0.717, 1.165) is 11.3 Å². The Kier molecular flexibility index (Phi) is 2.12. The lowest BCUT2D eigenvalue weighted by atomic mass is 10.1. The lowest BCUT2D eigenvalue weighted by Gasteiger charge is -2.03. The lowest BCUT2D eigenvalue weighted by Crippen LogP contribution is -2.11. The summed E-state index contributed by atoms with van der Waals surface area (Å²) in [6, 6.07) is 1.78. The first-order valence-corrected chi connectivity index (χ1v) is 4.75. The van der Waals surface area contributed by atoms with Crippen LogP contribution in [0.25, 0.3) is 0 Å². The Balaban J connectivity index is 2.28. The average Bonchev–Trinajstić information content (AvgIpc) is 2.72. The van der Waals surface area contributed by atoms with Gasteiger partial charge >= 0.3 is 0 Å². The van der Waals surface area contributed by atoms with Gasteiger partial charge in [-0.15, -0.1) is 0 Å². The van der Waals surface area contributed by atoms with Crippen LogP contribution in [0.5, 0.6) is 0 Å². The van der Waals surface area contributed by atoms with E-state index in [1.807, 2.05) is 24.7 Å². The summed E-state index contributed by atoms with van der Waals surface area (Å²) in [5.41, 5.74) is 7.86. The Hall–Kier alpha value is -1.20. The molecule has 13 heavy (non-hydrogen) atoms. The summed E-state index contributed by atoms with van der Waals surface area (Å²) in [6.45, 7) is 0. The van der Waals surface area contributed by atoms with Crippen LogP contribution >= 0.6 is 11.5 Å². The highest BCUT2D eigenvalue weighted by Crippen LogP contribution is 2.17. The van der Waals surface area contributed by atoms with Gasteiger partial charge in [0.2, 0.25) is 0 Å². The highest BCUT2D eigenvalue weighted by molar-refractivity contribution is 7.03. The topological polar surface area (TPSA) is 56.7 Å². The van der Waals surface area contributed by atoms with Gasteiger partial charge in [-0.2, -0.15) is 9.47 Å². The maximum Gasteiger partial charge on any atom is 0.0768 e. The molecule has 1 unspecified atom stereocenters. The number of hydrogen-bond donors (Lipinski definition) is 1. The van der Waals surface area contributed by atoms with Crippen molar-refractivity contribution in [3.8, 4) is 0 Å². The number of aryl methyl sites for hydroxylation is 1. The van der Waals surface area contributed by atoms with Crippen LogP contribution in [0.3, 0.4) is 0 Å². The van der Waals surface area contributed by atoms with Gasteiger partial charge in [0.1, 0.15) is 0 Å². The summed E-state index contributed by atoms with van der Waals surface area (Å²) in [5.74, 6) is 0. The zero-order valence-corrected chi connectivity index (χ0v) is 8.03. The fraction of sp³-hybridized carbons (Fsp3) is 0.250. The molecule has 2 heterocycles. The molecular formula is C8H10N4S. The minimum absolute atomic E-state index is 0.153. The van der Waals surface area contributed by atoms with Crippen molar-refractivity contribution in [3.05, 3.63) is 35.1 Å². The largest absolute Gasteiger partial charge is 0.319 e. The van der Waals surface area contributed by atoms with Crippen LogP contribution in [-0.4, -0.2) is 14.2 Å². The Morgan fingerprint density at radius 1 is 1.62 bits per heavy atom. The van der Waals surface area contributed by atoms with E-state index in [1.165, 1.54) is 11.5 Å². The first kappa shape index (κ1) is 8.40. The molecule has 2 aromatic rings. The second-order valence-electron chi connectivity index (χ2n) is 2.85. The fourth-order valence-corrected chi connectivity index (χ4v) is 1.71. The van der Waals surface area contributed by atoms with E-state index in [0.29, 0.717) is 0 Å². The first-order chi connectivity index (χ1) is 6.27. The van der Waals surface area contributed by atoms with Crippen LogP contribution in [-0.2, 0) is 7.05 Å². The lowest BCUT2D eigenvalue weighted by molar-refractivity contribution is 0.764. The molecule has 0 amide bonds. The Labute approximate surface area is 80.2 Å². The van der Waals surface area contributed by atoms with Crippen molar-refractivity contribution in [2.75, 3.05) is 0 Å². The molecule has 0 fully saturated rings. The van der Waals surface area contributed by atoms with E-state index in [-0.39, 0.29) is 6.04 Å². The first-order valence-electron chi connectivity index (χ1n) is 3.92. The van der Waals surface area contributed by atoms with E-state index in [2.05, 4.69) is 9.47 Å². The fourth-order valence-electron chi connectivity index (χ4n) is 1.15. The quantitative estimate of drug-likeness (QED) is 0.773. The van der Waals surface area contributed by atoms with Gasteiger partial charge in [-0.05, 0) is 17.6 Å². The van der Waals surface area contributed by atoms with E-state index < -0.39 is 0 Å². The Bertz CT molecular complexity index is 379. The van der Waals surface area contributed by atoms with E-state index >= 15 is 0 Å². The zero-order chi connectivity index (χ0) is 9.26. The summed E-state index contributed by atoms with van der Waals surface area (Å²) in [5, 5.41) is 5.98. The number of rotatable bonds is 2. The molecule has 0 aliphatic carbocycles. The predicted octanol–water partition coefficient (Wildman–Crippen LogP) is 0.925. The molecule has 0 aliphatic heterocycles. The van der Waals surface area contributed by atoms with Gasteiger partial charge in [0, 0.05) is 24.2 Å². The van der Waals surface area contributed by atoms with Gasteiger partial charge in [-0.25, -0.2) is 0 Å². The smallest absolute Gasteiger partial charge is 0.0768 e. The second kappa shape index (κ2) is 3.27. The highest BCUT2D eigenvalue weighted by Gasteiger charge is 2.11. The summed E-state index contributed by atoms with van der Waals surface area (Å²) >= 11 is 1.41. The molecule has 0 aliphatic rings. The van der Waals surface area contributed by atoms with Crippen LogP contribution in [0.1, 0.15) is 17.3 Å². The third-order valence-corrected chi connectivity index (χ3v) is 2.43. The van der Waals surface area contributed by atoms with Crippen LogP contribution < -0.4 is 5.73 Å². The van der Waals surface area contributed by atoms with Crippen molar-refractivity contribution in [1.82, 2.24) is 14.2 Å². The molecule has 0 radical (unpaired) electrons. The van der Waals surface area contributed by atoms with Crippen LogP contribution in [0.15, 0.2) is 23.8 Å². The molecule has 4 nitrogen and oxygen atoms in total.